The van der Waals surface area contributed by atoms with Crippen LogP contribution in [-0.4, -0.2) is 36.9 Å². The van der Waals surface area contributed by atoms with Crippen molar-refractivity contribution in [2.24, 2.45) is 0 Å². The molecule has 1 rings (SSSR count). The van der Waals surface area contributed by atoms with E-state index in [1.54, 1.807) is 21.3 Å². The van der Waals surface area contributed by atoms with E-state index in [9.17, 15) is 9.90 Å². The summed E-state index contributed by atoms with van der Waals surface area (Å²) in [7, 11) is 2.98. The second kappa shape index (κ2) is 6.42. The molecule has 0 unspecified atom stereocenters. The Labute approximate surface area is 121 Å². The van der Waals surface area contributed by atoms with Gasteiger partial charge in [0, 0.05) is 0 Å². The van der Waals surface area contributed by atoms with Gasteiger partial charge in [-0.15, -0.1) is 0 Å². The van der Waals surface area contributed by atoms with Gasteiger partial charge in [0.05, 0.1) is 24.7 Å². The number of carbonyl (C=O) groups excluding carboxylic acids is 1. The fraction of sp³-hybridized carbons (Fsp3) is 0.533. The first-order valence-electron chi connectivity index (χ1n) is 6.55. The minimum absolute atomic E-state index is 0.257. The third kappa shape index (κ3) is 4.65. The highest BCUT2D eigenvalue weighted by molar-refractivity contribution is 6.47. The van der Waals surface area contributed by atoms with Gasteiger partial charge in [-0.25, -0.2) is 0 Å². The number of rotatable bonds is 6. The first-order chi connectivity index (χ1) is 9.15. The maximum Gasteiger partial charge on any atom is 0.330 e. The van der Waals surface area contributed by atoms with Crippen molar-refractivity contribution < 1.29 is 19.3 Å². The third-order valence-corrected chi connectivity index (χ3v) is 3.52. The van der Waals surface area contributed by atoms with Crippen LogP contribution in [-0.2, 0) is 20.6 Å². The second-order valence-corrected chi connectivity index (χ2v) is 5.80. The smallest absolute Gasteiger partial charge is 0.330 e. The molecule has 0 aliphatic rings. The standard InChI is InChI=1S/C15H22BO4/c1-14(2,18)15(3,4)20-16-12-8-6-11(7-9-12)10-13(17)19-5/h6-9,18H,10H2,1-5H3. The van der Waals surface area contributed by atoms with Gasteiger partial charge >= 0.3 is 13.5 Å². The van der Waals surface area contributed by atoms with Gasteiger partial charge in [0.25, 0.3) is 0 Å². The van der Waals surface area contributed by atoms with Crippen molar-refractivity contribution in [3.63, 3.8) is 0 Å². The van der Waals surface area contributed by atoms with Gasteiger partial charge in [-0.2, -0.15) is 0 Å². The number of carbonyl (C=O) groups is 1. The maximum absolute atomic E-state index is 11.2. The molecule has 0 atom stereocenters. The van der Waals surface area contributed by atoms with Gasteiger partial charge in [-0.05, 0) is 33.3 Å². The second-order valence-electron chi connectivity index (χ2n) is 5.80. The molecule has 109 valence electrons. The number of hydrogen-bond acceptors (Lipinski definition) is 4. The van der Waals surface area contributed by atoms with E-state index in [1.165, 1.54) is 7.11 Å². The molecule has 0 saturated carbocycles. The summed E-state index contributed by atoms with van der Waals surface area (Å²) in [4.78, 5) is 11.2. The lowest BCUT2D eigenvalue weighted by Gasteiger charge is -2.37. The number of benzene rings is 1. The monoisotopic (exact) mass is 277 g/mol. The molecule has 0 saturated heterocycles. The summed E-state index contributed by atoms with van der Waals surface area (Å²) < 4.78 is 10.3. The molecule has 1 aromatic rings. The molecule has 1 N–H and O–H groups in total. The van der Waals surface area contributed by atoms with E-state index in [0.717, 1.165) is 11.0 Å². The van der Waals surface area contributed by atoms with Crippen LogP contribution in [0.15, 0.2) is 24.3 Å². The lowest BCUT2D eigenvalue weighted by atomic mass is 9.82. The average molecular weight is 277 g/mol. The summed E-state index contributed by atoms with van der Waals surface area (Å²) in [5, 5.41) is 10.00. The van der Waals surface area contributed by atoms with E-state index in [2.05, 4.69) is 4.74 Å². The minimum atomic E-state index is -0.950. The van der Waals surface area contributed by atoms with Crippen LogP contribution in [0, 0.1) is 0 Å². The summed E-state index contributed by atoms with van der Waals surface area (Å²) in [5.41, 5.74) is 0.109. The molecule has 20 heavy (non-hydrogen) atoms. The van der Waals surface area contributed by atoms with E-state index >= 15 is 0 Å². The molecular weight excluding hydrogens is 255 g/mol. The average Bonchev–Trinajstić information content (AvgIpc) is 2.36. The third-order valence-electron chi connectivity index (χ3n) is 3.52. The van der Waals surface area contributed by atoms with Crippen molar-refractivity contribution in [3.8, 4) is 0 Å². The summed E-state index contributed by atoms with van der Waals surface area (Å²) in [6.07, 6.45) is 0.257. The van der Waals surface area contributed by atoms with Crippen LogP contribution in [0.5, 0.6) is 0 Å². The first-order valence-corrected chi connectivity index (χ1v) is 6.55. The first kappa shape index (κ1) is 16.7. The molecular formula is C15H22BO4. The van der Waals surface area contributed by atoms with Gasteiger partial charge in [-0.3, -0.25) is 4.79 Å². The van der Waals surface area contributed by atoms with Gasteiger partial charge in [0.1, 0.15) is 0 Å². The number of ether oxygens (including phenoxy) is 1. The summed E-state index contributed by atoms with van der Waals surface area (Å²) in [6, 6.07) is 7.42. The Morgan fingerprint density at radius 3 is 2.20 bits per heavy atom. The van der Waals surface area contributed by atoms with Crippen molar-refractivity contribution in [2.75, 3.05) is 7.11 Å². The van der Waals surface area contributed by atoms with Gasteiger partial charge in [-0.1, -0.05) is 29.7 Å². The summed E-state index contributed by atoms with van der Waals surface area (Å²) in [5.74, 6) is -0.263. The molecule has 1 aromatic carbocycles. The van der Waals surface area contributed by atoms with E-state index in [1.807, 2.05) is 38.1 Å². The molecule has 0 amide bonds. The fourth-order valence-electron chi connectivity index (χ4n) is 1.31. The zero-order valence-corrected chi connectivity index (χ0v) is 12.8. The molecule has 1 radical (unpaired) electrons. The van der Waals surface area contributed by atoms with Gasteiger partial charge in [0.15, 0.2) is 0 Å². The summed E-state index contributed by atoms with van der Waals surface area (Å²) >= 11 is 0. The molecule has 0 fully saturated rings. The number of methoxy groups -OCH3 is 1. The molecule has 0 aromatic heterocycles. The van der Waals surface area contributed by atoms with Crippen LogP contribution in [0.2, 0.25) is 0 Å². The molecule has 0 heterocycles. The fourth-order valence-corrected chi connectivity index (χ4v) is 1.31. The molecule has 0 bridgehead atoms. The van der Waals surface area contributed by atoms with Crippen LogP contribution in [0.1, 0.15) is 33.3 Å². The van der Waals surface area contributed by atoms with Crippen LogP contribution < -0.4 is 5.46 Å². The van der Waals surface area contributed by atoms with Crippen molar-refractivity contribution in [3.05, 3.63) is 29.8 Å². The predicted octanol–water partition coefficient (Wildman–Crippen LogP) is 1.21. The van der Waals surface area contributed by atoms with Crippen molar-refractivity contribution in [1.29, 1.82) is 0 Å². The largest absolute Gasteiger partial charge is 0.469 e. The van der Waals surface area contributed by atoms with Crippen molar-refractivity contribution in [2.45, 2.75) is 45.3 Å². The van der Waals surface area contributed by atoms with Crippen molar-refractivity contribution in [1.82, 2.24) is 0 Å². The Balaban J connectivity index is 2.60. The Hall–Kier alpha value is -1.33. The topological polar surface area (TPSA) is 55.8 Å². The van der Waals surface area contributed by atoms with Crippen LogP contribution in [0.4, 0.5) is 0 Å². The van der Waals surface area contributed by atoms with E-state index in [-0.39, 0.29) is 12.4 Å². The highest BCUT2D eigenvalue weighted by Gasteiger charge is 2.35. The number of esters is 1. The lowest BCUT2D eigenvalue weighted by molar-refractivity contribution is -0.139. The van der Waals surface area contributed by atoms with E-state index < -0.39 is 11.2 Å². The van der Waals surface area contributed by atoms with Crippen LogP contribution >= 0.6 is 0 Å². The van der Waals surface area contributed by atoms with Gasteiger partial charge < -0.3 is 14.5 Å². The SMILES string of the molecule is COC(=O)Cc1ccc([B]OC(C)(C)C(C)(C)O)cc1. The Morgan fingerprint density at radius 2 is 1.75 bits per heavy atom. The Morgan fingerprint density at radius 1 is 1.20 bits per heavy atom. The lowest BCUT2D eigenvalue weighted by Crippen LogP contribution is -2.49. The molecule has 0 aliphatic carbocycles. The molecule has 4 nitrogen and oxygen atoms in total. The van der Waals surface area contributed by atoms with Gasteiger partial charge in [0.2, 0.25) is 0 Å². The minimum Gasteiger partial charge on any atom is -0.469 e. The van der Waals surface area contributed by atoms with Crippen molar-refractivity contribution >= 4 is 18.9 Å². The molecule has 0 spiro atoms. The molecule has 5 heteroatoms. The van der Waals surface area contributed by atoms with Crippen LogP contribution in [0.3, 0.4) is 0 Å². The zero-order chi connectivity index (χ0) is 15.4. The van der Waals surface area contributed by atoms with E-state index in [0.29, 0.717) is 0 Å². The predicted molar refractivity (Wildman–Crippen MR) is 79.0 cm³/mol. The van der Waals surface area contributed by atoms with E-state index in [4.69, 9.17) is 4.65 Å². The highest BCUT2D eigenvalue weighted by atomic mass is 16.5. The quantitative estimate of drug-likeness (QED) is 0.627. The normalized spacial score (nSPS) is 12.1. The zero-order valence-electron chi connectivity index (χ0n) is 12.8. The molecule has 0 aliphatic heterocycles. The maximum atomic E-state index is 11.2. The highest BCUT2D eigenvalue weighted by Crippen LogP contribution is 2.24. The number of hydrogen-bond donors (Lipinski definition) is 1. The number of aliphatic hydroxyl groups is 1. The Bertz CT molecular complexity index is 446. The summed E-state index contributed by atoms with van der Waals surface area (Å²) in [6.45, 7) is 7.07. The van der Waals surface area contributed by atoms with Crippen LogP contribution in [0.25, 0.3) is 0 Å². The Kier molecular flexibility index (Phi) is 5.37.